The minimum absolute atomic E-state index is 0.155. The Labute approximate surface area is 159 Å². The van der Waals surface area contributed by atoms with Crippen LogP contribution in [0.15, 0.2) is 28.3 Å². The second-order valence-electron chi connectivity index (χ2n) is 6.36. The van der Waals surface area contributed by atoms with E-state index in [2.05, 4.69) is 13.8 Å². The van der Waals surface area contributed by atoms with Gasteiger partial charge < -0.3 is 14.5 Å². The Hall–Kier alpha value is -2.00. The first-order chi connectivity index (χ1) is 12.3. The maximum absolute atomic E-state index is 12.8. The van der Waals surface area contributed by atoms with E-state index in [9.17, 15) is 9.59 Å². The summed E-state index contributed by atoms with van der Waals surface area (Å²) in [5, 5.41) is 0. The molecule has 1 aliphatic heterocycles. The molecular formula is C21H36N2O3. The molecule has 0 saturated carbocycles. The summed E-state index contributed by atoms with van der Waals surface area (Å²) < 4.78 is 5.42. The Morgan fingerprint density at radius 1 is 1.31 bits per heavy atom. The van der Waals surface area contributed by atoms with E-state index in [1.807, 2.05) is 45.6 Å². The van der Waals surface area contributed by atoms with Gasteiger partial charge in [0.2, 0.25) is 0 Å². The first-order valence-electron chi connectivity index (χ1n) is 9.56. The van der Waals surface area contributed by atoms with Crippen molar-refractivity contribution in [2.24, 2.45) is 5.92 Å². The van der Waals surface area contributed by atoms with Crippen molar-refractivity contribution in [2.75, 3.05) is 27.7 Å². The Morgan fingerprint density at radius 3 is 2.31 bits per heavy atom. The summed E-state index contributed by atoms with van der Waals surface area (Å²) in [6.45, 7) is 12.8. The van der Waals surface area contributed by atoms with Gasteiger partial charge in [0.25, 0.3) is 5.91 Å². The van der Waals surface area contributed by atoms with Crippen molar-refractivity contribution in [3.8, 4) is 0 Å². The van der Waals surface area contributed by atoms with E-state index in [4.69, 9.17) is 4.74 Å². The number of hydrogen-bond donors (Lipinski definition) is 0. The lowest BCUT2D eigenvalue weighted by molar-refractivity contribution is -0.127. The number of likely N-dealkylation sites (N-methyl/N-ethyl adjacent to an activating group) is 2. The number of rotatable bonds is 7. The van der Waals surface area contributed by atoms with Crippen molar-refractivity contribution in [1.82, 2.24) is 9.80 Å². The Bertz CT molecular complexity index is 598. The highest BCUT2D eigenvalue weighted by molar-refractivity contribution is 5.96. The van der Waals surface area contributed by atoms with Crippen LogP contribution in [-0.2, 0) is 14.3 Å². The number of allylic oxidation sites excluding steroid dienone is 2. The molecule has 0 spiro atoms. The maximum atomic E-state index is 12.8. The van der Waals surface area contributed by atoms with Crippen LogP contribution in [-0.4, -0.2) is 49.4 Å². The van der Waals surface area contributed by atoms with E-state index in [0.29, 0.717) is 29.5 Å². The third-order valence-electron chi connectivity index (χ3n) is 4.89. The molecule has 1 amide bonds. The fourth-order valence-corrected chi connectivity index (χ4v) is 2.80. The Balaban J connectivity index is 0.00000301. The predicted molar refractivity (Wildman–Crippen MR) is 107 cm³/mol. The van der Waals surface area contributed by atoms with Crippen molar-refractivity contribution in [2.45, 2.75) is 60.8 Å². The summed E-state index contributed by atoms with van der Waals surface area (Å²) >= 11 is 0. The first kappa shape index (κ1) is 24.0. The maximum Gasteiger partial charge on any atom is 0.274 e. The normalized spacial score (nSPS) is 15.3. The van der Waals surface area contributed by atoms with Crippen LogP contribution in [0.4, 0.5) is 0 Å². The van der Waals surface area contributed by atoms with Gasteiger partial charge in [-0.05, 0) is 38.2 Å². The number of methoxy groups -OCH3 is 1. The average molecular weight is 365 g/mol. The topological polar surface area (TPSA) is 49.9 Å². The van der Waals surface area contributed by atoms with Gasteiger partial charge in [0, 0.05) is 26.3 Å². The molecule has 148 valence electrons. The van der Waals surface area contributed by atoms with Gasteiger partial charge in [-0.3, -0.25) is 4.79 Å². The fraction of sp³-hybridized carbons (Fsp3) is 0.667. The van der Waals surface area contributed by atoms with Crippen LogP contribution in [0.25, 0.3) is 0 Å². The van der Waals surface area contributed by atoms with Crippen LogP contribution < -0.4 is 0 Å². The van der Waals surface area contributed by atoms with Gasteiger partial charge in [-0.2, -0.15) is 0 Å². The number of carbonyl (C=O) groups is 1. The quantitative estimate of drug-likeness (QED) is 0.637. The molecule has 0 fully saturated rings. The molecule has 1 unspecified atom stereocenters. The molecular weight excluding hydrogens is 328 g/mol. The van der Waals surface area contributed by atoms with Gasteiger partial charge in [0.15, 0.2) is 11.5 Å². The number of amides is 1. The number of nitrogens with zero attached hydrogens (tertiary/aromatic N) is 2. The standard InChI is InChI=1S/C19H30N2O3.C2H6/c1-8-13(3)10-11-16-14(4)15(12-22)18(24-7)17(21(16)6)19(23)20(5)9-2;1-2/h13H,8-11H2,1-7H3;1-2H3. The lowest BCUT2D eigenvalue weighted by atomic mass is 9.93. The van der Waals surface area contributed by atoms with Crippen molar-refractivity contribution in [3.05, 3.63) is 28.3 Å². The van der Waals surface area contributed by atoms with Crippen LogP contribution in [0.2, 0.25) is 0 Å². The van der Waals surface area contributed by atoms with Crippen molar-refractivity contribution < 1.29 is 14.3 Å². The average Bonchev–Trinajstić information content (AvgIpc) is 2.67. The number of hydrogen-bond acceptors (Lipinski definition) is 4. The van der Waals surface area contributed by atoms with Crippen LogP contribution in [0.5, 0.6) is 0 Å². The second kappa shape index (κ2) is 11.6. The summed E-state index contributed by atoms with van der Waals surface area (Å²) in [6.07, 6.45) is 2.93. The van der Waals surface area contributed by atoms with Crippen LogP contribution >= 0.6 is 0 Å². The third-order valence-corrected chi connectivity index (χ3v) is 4.89. The monoisotopic (exact) mass is 364 g/mol. The molecule has 1 rings (SSSR count). The summed E-state index contributed by atoms with van der Waals surface area (Å²) in [6, 6.07) is 0. The fourth-order valence-electron chi connectivity index (χ4n) is 2.80. The van der Waals surface area contributed by atoms with E-state index in [0.717, 1.165) is 30.5 Å². The van der Waals surface area contributed by atoms with Crippen molar-refractivity contribution in [1.29, 1.82) is 0 Å². The third kappa shape index (κ3) is 5.25. The summed E-state index contributed by atoms with van der Waals surface area (Å²) in [5.74, 6) is 2.72. The summed E-state index contributed by atoms with van der Waals surface area (Å²) in [7, 11) is 5.09. The van der Waals surface area contributed by atoms with Gasteiger partial charge in [-0.15, -0.1) is 0 Å². The van der Waals surface area contributed by atoms with Crippen LogP contribution in [0.3, 0.4) is 0 Å². The molecule has 0 aromatic carbocycles. The minimum Gasteiger partial charge on any atom is -0.493 e. The van der Waals surface area contributed by atoms with E-state index in [-0.39, 0.29) is 5.91 Å². The molecule has 5 heteroatoms. The minimum atomic E-state index is -0.155. The van der Waals surface area contributed by atoms with Gasteiger partial charge in [0.05, 0.1) is 7.11 Å². The smallest absolute Gasteiger partial charge is 0.274 e. The molecule has 1 atom stereocenters. The van der Waals surface area contributed by atoms with E-state index in [1.54, 1.807) is 11.9 Å². The van der Waals surface area contributed by atoms with E-state index < -0.39 is 0 Å². The highest BCUT2D eigenvalue weighted by Gasteiger charge is 2.34. The largest absolute Gasteiger partial charge is 0.493 e. The molecule has 0 saturated heterocycles. The summed E-state index contributed by atoms with van der Waals surface area (Å²) in [5.41, 5.74) is 2.58. The molecule has 0 aromatic rings. The van der Waals surface area contributed by atoms with Gasteiger partial charge in [-0.25, -0.2) is 4.79 Å². The molecule has 5 nitrogen and oxygen atoms in total. The van der Waals surface area contributed by atoms with Crippen LogP contribution in [0.1, 0.15) is 60.8 Å². The SMILES string of the molecule is CC.CCC(C)CCC1=C(C)C(=C=O)C(OC)=C(C(=O)N(C)CC)N1C. The Kier molecular flexibility index (Phi) is 10.7. The zero-order valence-electron chi connectivity index (χ0n) is 18.0. The number of ether oxygens (including phenoxy) is 1. The zero-order chi connectivity index (χ0) is 20.4. The van der Waals surface area contributed by atoms with Gasteiger partial charge in [-0.1, -0.05) is 34.1 Å². The molecule has 0 radical (unpaired) electrons. The molecule has 0 N–H and O–H groups in total. The predicted octanol–water partition coefficient (Wildman–Crippen LogP) is 4.15. The van der Waals surface area contributed by atoms with Crippen LogP contribution in [0, 0.1) is 5.92 Å². The van der Waals surface area contributed by atoms with E-state index >= 15 is 0 Å². The zero-order valence-corrected chi connectivity index (χ0v) is 18.0. The van der Waals surface area contributed by atoms with E-state index in [1.165, 1.54) is 7.11 Å². The van der Waals surface area contributed by atoms with Gasteiger partial charge >= 0.3 is 0 Å². The molecule has 1 aliphatic rings. The summed E-state index contributed by atoms with van der Waals surface area (Å²) in [4.78, 5) is 27.8. The molecule has 26 heavy (non-hydrogen) atoms. The molecule has 1 heterocycles. The molecule has 0 aromatic heterocycles. The Morgan fingerprint density at radius 2 is 1.88 bits per heavy atom. The van der Waals surface area contributed by atoms with Gasteiger partial charge in [0.1, 0.15) is 11.5 Å². The van der Waals surface area contributed by atoms with Crippen molar-refractivity contribution >= 4 is 11.8 Å². The first-order valence-corrected chi connectivity index (χ1v) is 9.56. The highest BCUT2D eigenvalue weighted by Crippen LogP contribution is 2.36. The van der Waals surface area contributed by atoms with Crippen molar-refractivity contribution in [3.63, 3.8) is 0 Å². The lowest BCUT2D eigenvalue weighted by Crippen LogP contribution is -2.38. The molecule has 0 aliphatic carbocycles. The second-order valence-corrected chi connectivity index (χ2v) is 6.36. The molecule has 0 bridgehead atoms. The lowest BCUT2D eigenvalue weighted by Gasteiger charge is -2.34. The highest BCUT2D eigenvalue weighted by atomic mass is 16.5. The number of carbonyl (C=O) groups excluding carboxylic acids is 2.